The first kappa shape index (κ1) is 16.3. The van der Waals surface area contributed by atoms with Crippen molar-refractivity contribution >= 4 is 0 Å². The minimum absolute atomic E-state index is 0.162. The lowest BCUT2D eigenvalue weighted by Gasteiger charge is -2.42. The van der Waals surface area contributed by atoms with E-state index in [0.29, 0.717) is 0 Å². The van der Waals surface area contributed by atoms with Crippen LogP contribution in [-0.4, -0.2) is 31.1 Å². The number of nitrogens with two attached hydrogens (primary N) is 1. The average molecular weight is 290 g/mol. The van der Waals surface area contributed by atoms with E-state index in [0.717, 1.165) is 37.1 Å². The molecule has 4 unspecified atom stereocenters. The normalized spacial score (nSPS) is 26.3. The fourth-order valence-corrected chi connectivity index (χ4v) is 3.72. The van der Waals surface area contributed by atoms with Gasteiger partial charge in [-0.05, 0) is 42.4 Å². The standard InChI is InChI=1S/C18H30N2O/c1-5-17(19)18(15-7-6-8-16(10-15)21-4)20-11-13(2)9-14(3)12-20/h6-8,10,13-14,17-18H,5,9,11-12,19H2,1-4H3. The summed E-state index contributed by atoms with van der Waals surface area (Å²) in [5.41, 5.74) is 7.76. The van der Waals surface area contributed by atoms with Gasteiger partial charge in [-0.2, -0.15) is 0 Å². The van der Waals surface area contributed by atoms with Gasteiger partial charge >= 0.3 is 0 Å². The smallest absolute Gasteiger partial charge is 0.119 e. The molecule has 0 radical (unpaired) electrons. The molecule has 1 aliphatic rings. The summed E-state index contributed by atoms with van der Waals surface area (Å²) < 4.78 is 5.39. The molecule has 2 rings (SSSR count). The summed E-state index contributed by atoms with van der Waals surface area (Å²) in [5, 5.41) is 0. The number of ether oxygens (including phenoxy) is 1. The molecule has 1 aliphatic heterocycles. The number of likely N-dealkylation sites (tertiary alicyclic amines) is 1. The molecule has 0 bridgehead atoms. The topological polar surface area (TPSA) is 38.5 Å². The zero-order chi connectivity index (χ0) is 15.4. The van der Waals surface area contributed by atoms with Crippen LogP contribution in [0.1, 0.15) is 45.2 Å². The van der Waals surface area contributed by atoms with Crippen LogP contribution in [0.25, 0.3) is 0 Å². The monoisotopic (exact) mass is 290 g/mol. The molecule has 3 nitrogen and oxygen atoms in total. The number of rotatable bonds is 5. The minimum Gasteiger partial charge on any atom is -0.497 e. The van der Waals surface area contributed by atoms with Gasteiger partial charge in [-0.25, -0.2) is 0 Å². The van der Waals surface area contributed by atoms with Crippen LogP contribution in [0, 0.1) is 11.8 Å². The van der Waals surface area contributed by atoms with Crippen molar-refractivity contribution in [1.29, 1.82) is 0 Å². The summed E-state index contributed by atoms with van der Waals surface area (Å²) in [6.07, 6.45) is 2.31. The lowest BCUT2D eigenvalue weighted by atomic mass is 9.87. The highest BCUT2D eigenvalue weighted by atomic mass is 16.5. The predicted molar refractivity (Wildman–Crippen MR) is 88.5 cm³/mol. The van der Waals surface area contributed by atoms with Crippen LogP contribution in [0.15, 0.2) is 24.3 Å². The van der Waals surface area contributed by atoms with Gasteiger partial charge in [0, 0.05) is 19.1 Å². The van der Waals surface area contributed by atoms with E-state index in [9.17, 15) is 0 Å². The number of benzene rings is 1. The number of nitrogens with zero attached hydrogens (tertiary/aromatic N) is 1. The highest BCUT2D eigenvalue weighted by molar-refractivity contribution is 5.31. The minimum atomic E-state index is 0.162. The molecule has 0 aromatic heterocycles. The summed E-state index contributed by atoms with van der Waals surface area (Å²) in [4.78, 5) is 2.59. The summed E-state index contributed by atoms with van der Waals surface area (Å²) in [7, 11) is 1.72. The van der Waals surface area contributed by atoms with Crippen molar-refractivity contribution in [2.75, 3.05) is 20.2 Å². The highest BCUT2D eigenvalue weighted by Crippen LogP contribution is 2.33. The lowest BCUT2D eigenvalue weighted by Crippen LogP contribution is -2.47. The van der Waals surface area contributed by atoms with Crippen LogP contribution in [0.5, 0.6) is 5.75 Å². The number of piperidine rings is 1. The van der Waals surface area contributed by atoms with Crippen LogP contribution in [0.3, 0.4) is 0 Å². The Balaban J connectivity index is 2.29. The van der Waals surface area contributed by atoms with E-state index in [-0.39, 0.29) is 12.1 Å². The second-order valence-electron chi connectivity index (χ2n) is 6.69. The van der Waals surface area contributed by atoms with E-state index in [1.54, 1.807) is 7.11 Å². The van der Waals surface area contributed by atoms with Gasteiger partial charge in [-0.15, -0.1) is 0 Å². The molecule has 0 spiro atoms. The van der Waals surface area contributed by atoms with E-state index in [1.165, 1.54) is 12.0 Å². The van der Waals surface area contributed by atoms with E-state index in [4.69, 9.17) is 10.5 Å². The number of hydrogen-bond donors (Lipinski definition) is 1. The third-order valence-electron chi connectivity index (χ3n) is 4.60. The van der Waals surface area contributed by atoms with Gasteiger partial charge in [0.1, 0.15) is 5.75 Å². The molecule has 1 heterocycles. The predicted octanol–water partition coefficient (Wildman–Crippen LogP) is 3.45. The van der Waals surface area contributed by atoms with Crippen molar-refractivity contribution in [1.82, 2.24) is 4.90 Å². The summed E-state index contributed by atoms with van der Waals surface area (Å²) >= 11 is 0. The van der Waals surface area contributed by atoms with E-state index in [2.05, 4.69) is 43.9 Å². The molecule has 3 heteroatoms. The first-order valence-corrected chi connectivity index (χ1v) is 8.18. The largest absolute Gasteiger partial charge is 0.497 e. The quantitative estimate of drug-likeness (QED) is 0.902. The molecule has 0 aliphatic carbocycles. The van der Waals surface area contributed by atoms with Crippen molar-refractivity contribution in [3.05, 3.63) is 29.8 Å². The van der Waals surface area contributed by atoms with Gasteiger partial charge in [0.2, 0.25) is 0 Å². The second-order valence-corrected chi connectivity index (χ2v) is 6.69. The van der Waals surface area contributed by atoms with Crippen molar-refractivity contribution < 1.29 is 4.74 Å². The molecule has 118 valence electrons. The Morgan fingerprint density at radius 2 is 1.95 bits per heavy atom. The Kier molecular flexibility index (Phi) is 5.65. The highest BCUT2D eigenvalue weighted by Gasteiger charge is 2.31. The fraction of sp³-hybridized carbons (Fsp3) is 0.667. The van der Waals surface area contributed by atoms with E-state index >= 15 is 0 Å². The van der Waals surface area contributed by atoms with Crippen molar-refractivity contribution in [2.24, 2.45) is 17.6 Å². The third-order valence-corrected chi connectivity index (χ3v) is 4.60. The first-order valence-electron chi connectivity index (χ1n) is 8.18. The van der Waals surface area contributed by atoms with Crippen LogP contribution >= 0.6 is 0 Å². The van der Waals surface area contributed by atoms with Gasteiger partial charge in [0.25, 0.3) is 0 Å². The lowest BCUT2D eigenvalue weighted by molar-refractivity contribution is 0.0809. The van der Waals surface area contributed by atoms with Gasteiger partial charge < -0.3 is 10.5 Å². The van der Waals surface area contributed by atoms with Crippen LogP contribution in [-0.2, 0) is 0 Å². The molecule has 21 heavy (non-hydrogen) atoms. The molecule has 1 aromatic rings. The van der Waals surface area contributed by atoms with Crippen molar-refractivity contribution in [3.63, 3.8) is 0 Å². The summed E-state index contributed by atoms with van der Waals surface area (Å²) in [5.74, 6) is 2.40. The third kappa shape index (κ3) is 3.98. The van der Waals surface area contributed by atoms with E-state index < -0.39 is 0 Å². The zero-order valence-electron chi connectivity index (χ0n) is 13.9. The van der Waals surface area contributed by atoms with Crippen LogP contribution in [0.4, 0.5) is 0 Å². The summed E-state index contributed by atoms with van der Waals surface area (Å²) in [6, 6.07) is 8.85. The first-order chi connectivity index (χ1) is 10.0. The van der Waals surface area contributed by atoms with Gasteiger partial charge in [0.15, 0.2) is 0 Å². The molecule has 1 fully saturated rings. The van der Waals surface area contributed by atoms with Crippen molar-refractivity contribution in [2.45, 2.75) is 45.7 Å². The number of methoxy groups -OCH3 is 1. The molecule has 0 saturated carbocycles. The fourth-order valence-electron chi connectivity index (χ4n) is 3.72. The number of hydrogen-bond acceptors (Lipinski definition) is 3. The molecule has 0 amide bonds. The van der Waals surface area contributed by atoms with Crippen LogP contribution in [0.2, 0.25) is 0 Å². The molecule has 2 N–H and O–H groups in total. The Morgan fingerprint density at radius 1 is 1.29 bits per heavy atom. The molecule has 1 saturated heterocycles. The summed E-state index contributed by atoms with van der Waals surface area (Å²) in [6.45, 7) is 9.15. The maximum Gasteiger partial charge on any atom is 0.119 e. The van der Waals surface area contributed by atoms with Crippen LogP contribution < -0.4 is 10.5 Å². The van der Waals surface area contributed by atoms with Gasteiger partial charge in [-0.3, -0.25) is 4.90 Å². The molecular formula is C18H30N2O. The average Bonchev–Trinajstić information content (AvgIpc) is 2.46. The Morgan fingerprint density at radius 3 is 2.52 bits per heavy atom. The maximum atomic E-state index is 6.48. The Hall–Kier alpha value is -1.06. The SMILES string of the molecule is CCC(N)C(c1cccc(OC)c1)N1CC(C)CC(C)C1. The van der Waals surface area contributed by atoms with E-state index in [1.807, 2.05) is 6.07 Å². The molecule has 4 atom stereocenters. The molecule has 1 aromatic carbocycles. The van der Waals surface area contributed by atoms with Gasteiger partial charge in [0.05, 0.1) is 13.2 Å². The Bertz CT molecular complexity index is 439. The zero-order valence-corrected chi connectivity index (χ0v) is 13.9. The second kappa shape index (κ2) is 7.28. The maximum absolute atomic E-state index is 6.48. The van der Waals surface area contributed by atoms with Gasteiger partial charge in [-0.1, -0.05) is 32.9 Å². The Labute approximate surface area is 129 Å². The molecular weight excluding hydrogens is 260 g/mol. The van der Waals surface area contributed by atoms with Crippen molar-refractivity contribution in [3.8, 4) is 5.75 Å².